The fourth-order valence-corrected chi connectivity index (χ4v) is 2.96. The Kier molecular flexibility index (Phi) is 3.82. The van der Waals surface area contributed by atoms with Crippen LogP contribution in [0.4, 0.5) is 5.82 Å². The second kappa shape index (κ2) is 6.13. The third-order valence-electron chi connectivity index (χ3n) is 4.15. The summed E-state index contributed by atoms with van der Waals surface area (Å²) in [6.45, 7) is 1.54. The Morgan fingerprint density at radius 2 is 1.88 bits per heavy atom. The predicted molar refractivity (Wildman–Crippen MR) is 95.2 cm³/mol. The van der Waals surface area contributed by atoms with Gasteiger partial charge >= 0.3 is 0 Å². The van der Waals surface area contributed by atoms with Crippen LogP contribution >= 0.6 is 11.6 Å². The molecule has 4 nitrogen and oxygen atoms in total. The molecule has 24 heavy (non-hydrogen) atoms. The first-order valence-electron chi connectivity index (χ1n) is 7.75. The third kappa shape index (κ3) is 2.81. The molecule has 5 heteroatoms. The Labute approximate surface area is 144 Å². The van der Waals surface area contributed by atoms with Gasteiger partial charge in [-0.15, -0.1) is 0 Å². The Balaban J connectivity index is 1.47. The van der Waals surface area contributed by atoms with Crippen LogP contribution in [0.25, 0.3) is 10.9 Å². The molecule has 2 aromatic carbocycles. The zero-order valence-corrected chi connectivity index (χ0v) is 13.6. The number of fused-ring (bicyclic) bond motifs is 1. The van der Waals surface area contributed by atoms with E-state index in [2.05, 4.69) is 9.88 Å². The number of pyridine rings is 1. The quantitative estimate of drug-likeness (QED) is 0.675. The molecular formula is C19H15ClN2O2. The van der Waals surface area contributed by atoms with E-state index in [4.69, 9.17) is 16.3 Å². The van der Waals surface area contributed by atoms with E-state index in [0.717, 1.165) is 41.8 Å². The maximum atomic E-state index is 11.2. The molecule has 3 aromatic rings. The first-order chi connectivity index (χ1) is 11.7. The molecule has 1 aromatic heterocycles. The largest absolute Gasteiger partial charge is 0.487 e. The highest BCUT2D eigenvalue weighted by molar-refractivity contribution is 6.30. The van der Waals surface area contributed by atoms with Crippen molar-refractivity contribution >= 4 is 34.6 Å². The standard InChI is InChI=1S/C19H15ClN2O2/c20-15-5-7-16(8-6-15)24-17-10-22(11-17)18-9-4-13-2-1-3-14(12-23)19(13)21-18/h1-9,12,17H,10-11H2. The van der Waals surface area contributed by atoms with Gasteiger partial charge < -0.3 is 9.64 Å². The van der Waals surface area contributed by atoms with Gasteiger partial charge in [-0.2, -0.15) is 0 Å². The van der Waals surface area contributed by atoms with Crippen LogP contribution in [0.2, 0.25) is 5.02 Å². The van der Waals surface area contributed by atoms with E-state index in [1.807, 2.05) is 48.5 Å². The van der Waals surface area contributed by atoms with Gasteiger partial charge in [0.15, 0.2) is 6.29 Å². The summed E-state index contributed by atoms with van der Waals surface area (Å²) >= 11 is 5.87. The highest BCUT2D eigenvalue weighted by Gasteiger charge is 2.29. The molecular weight excluding hydrogens is 324 g/mol. The molecule has 0 saturated carbocycles. The minimum absolute atomic E-state index is 0.130. The molecule has 1 saturated heterocycles. The summed E-state index contributed by atoms with van der Waals surface area (Å²) in [5.74, 6) is 1.69. The molecule has 1 fully saturated rings. The zero-order chi connectivity index (χ0) is 16.5. The normalized spacial score (nSPS) is 14.5. The maximum absolute atomic E-state index is 11.2. The van der Waals surface area contributed by atoms with Crippen molar-refractivity contribution in [3.8, 4) is 5.75 Å². The van der Waals surface area contributed by atoms with Gasteiger partial charge in [-0.1, -0.05) is 23.7 Å². The number of para-hydroxylation sites is 1. The lowest BCUT2D eigenvalue weighted by Crippen LogP contribution is -2.54. The molecule has 0 N–H and O–H groups in total. The lowest BCUT2D eigenvalue weighted by Gasteiger charge is -2.39. The van der Waals surface area contributed by atoms with Gasteiger partial charge in [-0.05, 0) is 42.5 Å². The Morgan fingerprint density at radius 1 is 1.08 bits per heavy atom. The molecule has 0 unspecified atom stereocenters. The van der Waals surface area contributed by atoms with E-state index in [1.165, 1.54) is 0 Å². The Morgan fingerprint density at radius 3 is 2.62 bits per heavy atom. The van der Waals surface area contributed by atoms with E-state index in [-0.39, 0.29) is 6.10 Å². The summed E-state index contributed by atoms with van der Waals surface area (Å²) in [5, 5.41) is 1.67. The molecule has 4 rings (SSSR count). The summed E-state index contributed by atoms with van der Waals surface area (Å²) in [5.41, 5.74) is 1.36. The van der Waals surface area contributed by atoms with Gasteiger partial charge in [0, 0.05) is 16.0 Å². The van der Waals surface area contributed by atoms with Crippen LogP contribution in [0.1, 0.15) is 10.4 Å². The summed E-state index contributed by atoms with van der Waals surface area (Å²) < 4.78 is 5.91. The SMILES string of the molecule is O=Cc1cccc2ccc(N3CC(Oc4ccc(Cl)cc4)C3)nc12. The summed E-state index contributed by atoms with van der Waals surface area (Å²) in [7, 11) is 0. The van der Waals surface area contributed by atoms with E-state index in [0.29, 0.717) is 10.6 Å². The minimum atomic E-state index is 0.130. The van der Waals surface area contributed by atoms with Crippen molar-refractivity contribution in [2.24, 2.45) is 0 Å². The third-order valence-corrected chi connectivity index (χ3v) is 4.40. The fraction of sp³-hybridized carbons (Fsp3) is 0.158. The summed E-state index contributed by atoms with van der Waals surface area (Å²) in [6, 6.07) is 17.0. The fourth-order valence-electron chi connectivity index (χ4n) is 2.84. The number of anilines is 1. The van der Waals surface area contributed by atoms with Crippen LogP contribution in [-0.2, 0) is 0 Å². The topological polar surface area (TPSA) is 42.4 Å². The van der Waals surface area contributed by atoms with Crippen LogP contribution in [0, 0.1) is 0 Å². The zero-order valence-electron chi connectivity index (χ0n) is 12.9. The highest BCUT2D eigenvalue weighted by Crippen LogP contribution is 2.26. The monoisotopic (exact) mass is 338 g/mol. The number of hydrogen-bond acceptors (Lipinski definition) is 4. The Hall–Kier alpha value is -2.59. The van der Waals surface area contributed by atoms with Crippen molar-refractivity contribution in [3.05, 3.63) is 65.2 Å². The maximum Gasteiger partial charge on any atom is 0.152 e. The molecule has 1 aliphatic rings. The molecule has 0 aliphatic carbocycles. The van der Waals surface area contributed by atoms with Gasteiger partial charge in [0.25, 0.3) is 0 Å². The van der Waals surface area contributed by atoms with Crippen molar-refractivity contribution in [1.29, 1.82) is 0 Å². The number of hydrogen-bond donors (Lipinski definition) is 0. The molecule has 0 radical (unpaired) electrons. The number of nitrogens with zero attached hydrogens (tertiary/aromatic N) is 2. The Bertz CT molecular complexity index is 890. The number of aromatic nitrogens is 1. The average molecular weight is 339 g/mol. The number of halogens is 1. The minimum Gasteiger partial charge on any atom is -0.487 e. The highest BCUT2D eigenvalue weighted by atomic mass is 35.5. The van der Waals surface area contributed by atoms with Crippen LogP contribution in [0.15, 0.2) is 54.6 Å². The summed E-state index contributed by atoms with van der Waals surface area (Å²) in [4.78, 5) is 18.0. The molecule has 0 bridgehead atoms. The van der Waals surface area contributed by atoms with Gasteiger partial charge in [-0.3, -0.25) is 4.79 Å². The van der Waals surface area contributed by atoms with Gasteiger partial charge in [0.05, 0.1) is 18.6 Å². The lowest BCUT2D eigenvalue weighted by molar-refractivity contribution is 0.112. The second-order valence-electron chi connectivity index (χ2n) is 5.81. The van der Waals surface area contributed by atoms with Gasteiger partial charge in [0.2, 0.25) is 0 Å². The van der Waals surface area contributed by atoms with Crippen molar-refractivity contribution < 1.29 is 9.53 Å². The number of aldehydes is 1. The van der Waals surface area contributed by atoms with Crippen molar-refractivity contribution in [2.75, 3.05) is 18.0 Å². The van der Waals surface area contributed by atoms with Crippen molar-refractivity contribution in [3.63, 3.8) is 0 Å². The average Bonchev–Trinajstić information content (AvgIpc) is 2.58. The first-order valence-corrected chi connectivity index (χ1v) is 8.13. The van der Waals surface area contributed by atoms with E-state index in [1.54, 1.807) is 6.07 Å². The van der Waals surface area contributed by atoms with Gasteiger partial charge in [-0.25, -0.2) is 4.98 Å². The lowest BCUT2D eigenvalue weighted by atomic mass is 10.1. The van der Waals surface area contributed by atoms with Crippen LogP contribution in [0.3, 0.4) is 0 Å². The van der Waals surface area contributed by atoms with E-state index >= 15 is 0 Å². The van der Waals surface area contributed by atoms with Crippen molar-refractivity contribution in [2.45, 2.75) is 6.10 Å². The van der Waals surface area contributed by atoms with Crippen molar-refractivity contribution in [1.82, 2.24) is 4.98 Å². The smallest absolute Gasteiger partial charge is 0.152 e. The molecule has 0 spiro atoms. The van der Waals surface area contributed by atoms with E-state index < -0.39 is 0 Å². The van der Waals surface area contributed by atoms with E-state index in [9.17, 15) is 4.79 Å². The van der Waals surface area contributed by atoms with Gasteiger partial charge in [0.1, 0.15) is 17.7 Å². The number of carbonyl (C=O) groups is 1. The number of ether oxygens (including phenoxy) is 1. The summed E-state index contributed by atoms with van der Waals surface area (Å²) in [6.07, 6.45) is 0.978. The first kappa shape index (κ1) is 15.0. The molecule has 0 atom stereocenters. The molecule has 2 heterocycles. The molecule has 120 valence electrons. The van der Waals surface area contributed by atoms with Crippen LogP contribution < -0.4 is 9.64 Å². The number of benzene rings is 2. The second-order valence-corrected chi connectivity index (χ2v) is 6.24. The molecule has 0 amide bonds. The predicted octanol–water partition coefficient (Wildman–Crippen LogP) is 3.97. The van der Waals surface area contributed by atoms with Crippen LogP contribution in [0.5, 0.6) is 5.75 Å². The van der Waals surface area contributed by atoms with Crippen LogP contribution in [-0.4, -0.2) is 30.5 Å². The molecule has 1 aliphatic heterocycles. The number of rotatable bonds is 4. The number of carbonyl (C=O) groups excluding carboxylic acids is 1.